The summed E-state index contributed by atoms with van der Waals surface area (Å²) in [6.07, 6.45) is 2.50. The van der Waals surface area contributed by atoms with Gasteiger partial charge in [0.15, 0.2) is 0 Å². The van der Waals surface area contributed by atoms with Gasteiger partial charge in [-0.2, -0.15) is 0 Å². The van der Waals surface area contributed by atoms with Gasteiger partial charge in [-0.3, -0.25) is 14.6 Å². The van der Waals surface area contributed by atoms with Crippen molar-refractivity contribution in [3.05, 3.63) is 24.3 Å². The quantitative estimate of drug-likeness (QED) is 0.782. The molecule has 0 aromatic heterocycles. The molecule has 1 aromatic rings. The topological polar surface area (TPSA) is 61.6 Å². The van der Waals surface area contributed by atoms with Crippen molar-refractivity contribution in [2.75, 3.05) is 44.3 Å². The Bertz CT molecular complexity index is 477. The van der Waals surface area contributed by atoms with Crippen LogP contribution in [0.4, 0.5) is 11.4 Å². The van der Waals surface area contributed by atoms with Crippen LogP contribution in [-0.2, 0) is 4.79 Å². The molecule has 5 heteroatoms. The highest BCUT2D eigenvalue weighted by Gasteiger charge is 2.24. The van der Waals surface area contributed by atoms with Crippen molar-refractivity contribution in [3.8, 4) is 0 Å². The summed E-state index contributed by atoms with van der Waals surface area (Å²) in [5.74, 6) is 0.00384. The van der Waals surface area contributed by atoms with E-state index in [1.807, 2.05) is 19.2 Å². The van der Waals surface area contributed by atoms with Gasteiger partial charge in [-0.15, -0.1) is 0 Å². The number of carbonyl (C=O) groups excluding carboxylic acids is 1. The van der Waals surface area contributed by atoms with Crippen LogP contribution in [0.5, 0.6) is 0 Å². The van der Waals surface area contributed by atoms with Crippen LogP contribution >= 0.6 is 0 Å². The number of carbonyl (C=O) groups is 1. The first kappa shape index (κ1) is 15.8. The van der Waals surface area contributed by atoms with Crippen molar-refractivity contribution >= 4 is 17.3 Å². The number of nitrogens with two attached hydrogens (primary N) is 1. The van der Waals surface area contributed by atoms with Gasteiger partial charge in [0, 0.05) is 24.0 Å². The van der Waals surface area contributed by atoms with Crippen LogP contribution in [0.25, 0.3) is 0 Å². The summed E-state index contributed by atoms with van der Waals surface area (Å²) in [4.78, 5) is 16.6. The van der Waals surface area contributed by atoms with Crippen molar-refractivity contribution in [2.24, 2.45) is 0 Å². The summed E-state index contributed by atoms with van der Waals surface area (Å²) in [7, 11) is 2.01. The monoisotopic (exact) mass is 290 g/mol. The fraction of sp³-hybridized carbons (Fsp3) is 0.562. The third-order valence-electron chi connectivity index (χ3n) is 4.01. The van der Waals surface area contributed by atoms with Crippen LogP contribution in [-0.4, -0.2) is 55.0 Å². The largest absolute Gasteiger partial charge is 0.399 e. The number of hydrogen-bond donors (Lipinski definition) is 2. The third-order valence-corrected chi connectivity index (χ3v) is 4.01. The Hall–Kier alpha value is -1.59. The van der Waals surface area contributed by atoms with Gasteiger partial charge in [0.25, 0.3) is 0 Å². The summed E-state index contributed by atoms with van der Waals surface area (Å²) in [6, 6.07) is 7.85. The summed E-state index contributed by atoms with van der Waals surface area (Å²) >= 11 is 0. The van der Waals surface area contributed by atoms with Gasteiger partial charge >= 0.3 is 0 Å². The second-order valence-corrected chi connectivity index (χ2v) is 5.80. The van der Waals surface area contributed by atoms with Gasteiger partial charge in [-0.25, -0.2) is 0 Å². The average Bonchev–Trinajstić information content (AvgIpc) is 2.85. The fourth-order valence-corrected chi connectivity index (χ4v) is 3.00. The van der Waals surface area contributed by atoms with Crippen molar-refractivity contribution in [1.29, 1.82) is 0 Å². The van der Waals surface area contributed by atoms with E-state index in [1.165, 1.54) is 19.4 Å². The molecule has 1 atom stereocenters. The summed E-state index contributed by atoms with van der Waals surface area (Å²) in [5, 5.41) is 2.89. The van der Waals surface area contributed by atoms with E-state index in [2.05, 4.69) is 22.0 Å². The van der Waals surface area contributed by atoms with E-state index >= 15 is 0 Å². The van der Waals surface area contributed by atoms with Gasteiger partial charge in [0.05, 0.1) is 6.54 Å². The number of hydrogen-bond acceptors (Lipinski definition) is 4. The minimum Gasteiger partial charge on any atom is -0.399 e. The zero-order valence-corrected chi connectivity index (χ0v) is 13.0. The Morgan fingerprint density at radius 2 is 2.33 bits per heavy atom. The number of anilines is 2. The molecule has 0 spiro atoms. The molecule has 1 amide bonds. The van der Waals surface area contributed by atoms with Gasteiger partial charge in [0.2, 0.25) is 5.91 Å². The van der Waals surface area contributed by atoms with Crippen molar-refractivity contribution in [3.63, 3.8) is 0 Å². The average molecular weight is 290 g/mol. The maximum absolute atomic E-state index is 12.1. The molecule has 1 saturated heterocycles. The number of amides is 1. The molecule has 5 nitrogen and oxygen atoms in total. The Labute approximate surface area is 127 Å². The molecule has 0 radical (unpaired) electrons. The Kier molecular flexibility index (Phi) is 5.59. The molecule has 1 unspecified atom stereocenters. The molecular formula is C16H26N4O. The summed E-state index contributed by atoms with van der Waals surface area (Å²) in [6.45, 7) is 5.82. The number of rotatable bonds is 6. The lowest BCUT2D eigenvalue weighted by atomic mass is 10.2. The van der Waals surface area contributed by atoms with Crippen molar-refractivity contribution < 1.29 is 4.79 Å². The van der Waals surface area contributed by atoms with Crippen LogP contribution in [0, 0.1) is 0 Å². The predicted molar refractivity (Wildman–Crippen MR) is 87.3 cm³/mol. The first-order chi connectivity index (χ1) is 10.1. The molecule has 1 heterocycles. The molecule has 0 aliphatic carbocycles. The number of likely N-dealkylation sites (tertiary alicyclic amines) is 1. The van der Waals surface area contributed by atoms with Gasteiger partial charge in [-0.05, 0) is 51.2 Å². The third kappa shape index (κ3) is 4.72. The number of nitrogens with zero attached hydrogens (tertiary/aromatic N) is 2. The summed E-state index contributed by atoms with van der Waals surface area (Å²) in [5.41, 5.74) is 7.12. The van der Waals surface area contributed by atoms with Gasteiger partial charge < -0.3 is 11.1 Å². The number of nitrogens with one attached hydrogen (secondary N) is 1. The van der Waals surface area contributed by atoms with Crippen LogP contribution < -0.4 is 11.1 Å². The maximum Gasteiger partial charge on any atom is 0.238 e. The van der Waals surface area contributed by atoms with Crippen LogP contribution in [0.1, 0.15) is 19.8 Å². The molecular weight excluding hydrogens is 264 g/mol. The maximum atomic E-state index is 12.1. The second-order valence-electron chi connectivity index (χ2n) is 5.80. The number of likely N-dealkylation sites (N-methyl/N-ethyl adjacent to an activating group) is 2. The molecule has 2 rings (SSSR count). The predicted octanol–water partition coefficient (Wildman–Crippen LogP) is 1.62. The zero-order chi connectivity index (χ0) is 15.2. The molecule has 0 saturated carbocycles. The zero-order valence-electron chi connectivity index (χ0n) is 13.0. The molecule has 1 aliphatic heterocycles. The van der Waals surface area contributed by atoms with E-state index in [4.69, 9.17) is 5.73 Å². The highest BCUT2D eigenvalue weighted by Crippen LogP contribution is 2.17. The fourth-order valence-electron chi connectivity index (χ4n) is 3.00. The van der Waals surface area contributed by atoms with E-state index in [0.29, 0.717) is 18.3 Å². The lowest BCUT2D eigenvalue weighted by Gasteiger charge is -2.27. The molecule has 3 N–H and O–H groups in total. The standard InChI is InChI=1S/C16H26N4O/c1-3-20-9-5-8-15(20)11-19(2)12-16(21)18-14-7-4-6-13(17)10-14/h4,6-7,10,15H,3,5,8-9,11-12,17H2,1-2H3,(H,18,21). The molecule has 1 aliphatic rings. The highest BCUT2D eigenvalue weighted by atomic mass is 16.2. The minimum absolute atomic E-state index is 0.00384. The molecule has 1 fully saturated rings. The number of nitrogen functional groups attached to an aromatic ring is 1. The molecule has 21 heavy (non-hydrogen) atoms. The van der Waals surface area contributed by atoms with E-state index in [0.717, 1.165) is 18.8 Å². The minimum atomic E-state index is 0.00384. The van der Waals surface area contributed by atoms with Crippen molar-refractivity contribution in [1.82, 2.24) is 9.80 Å². The second kappa shape index (κ2) is 7.43. The van der Waals surface area contributed by atoms with Crippen LogP contribution in [0.15, 0.2) is 24.3 Å². The Balaban J connectivity index is 1.79. The van der Waals surface area contributed by atoms with E-state index in [9.17, 15) is 4.79 Å². The van der Waals surface area contributed by atoms with Gasteiger partial charge in [0.1, 0.15) is 0 Å². The SMILES string of the molecule is CCN1CCCC1CN(C)CC(=O)Nc1cccc(N)c1. The lowest BCUT2D eigenvalue weighted by Crippen LogP contribution is -2.41. The van der Waals surface area contributed by atoms with E-state index in [1.54, 1.807) is 12.1 Å². The first-order valence-electron chi connectivity index (χ1n) is 7.66. The molecule has 1 aromatic carbocycles. The van der Waals surface area contributed by atoms with E-state index in [-0.39, 0.29) is 5.91 Å². The Morgan fingerprint density at radius 3 is 3.05 bits per heavy atom. The first-order valence-corrected chi connectivity index (χ1v) is 7.66. The molecule has 0 bridgehead atoms. The normalized spacial score (nSPS) is 19.1. The smallest absolute Gasteiger partial charge is 0.238 e. The van der Waals surface area contributed by atoms with E-state index < -0.39 is 0 Å². The Morgan fingerprint density at radius 1 is 1.52 bits per heavy atom. The van der Waals surface area contributed by atoms with Crippen molar-refractivity contribution in [2.45, 2.75) is 25.8 Å². The number of benzene rings is 1. The lowest BCUT2D eigenvalue weighted by molar-refractivity contribution is -0.117. The highest BCUT2D eigenvalue weighted by molar-refractivity contribution is 5.92. The van der Waals surface area contributed by atoms with Crippen LogP contribution in [0.3, 0.4) is 0 Å². The van der Waals surface area contributed by atoms with Gasteiger partial charge in [-0.1, -0.05) is 13.0 Å². The molecule has 116 valence electrons. The summed E-state index contributed by atoms with van der Waals surface area (Å²) < 4.78 is 0. The van der Waals surface area contributed by atoms with Crippen LogP contribution in [0.2, 0.25) is 0 Å².